The van der Waals surface area contributed by atoms with Crippen LogP contribution in [0.2, 0.25) is 0 Å². The van der Waals surface area contributed by atoms with E-state index in [-0.39, 0.29) is 18.7 Å². The Balaban J connectivity index is 0.000000940. The molecule has 6 unspecified atom stereocenters. The van der Waals surface area contributed by atoms with Crippen LogP contribution in [0.25, 0.3) is 0 Å². The van der Waals surface area contributed by atoms with Gasteiger partial charge in [-0.05, 0) is 118 Å². The highest BCUT2D eigenvalue weighted by molar-refractivity contribution is 5.98. The summed E-state index contributed by atoms with van der Waals surface area (Å²) in [6.07, 6.45) is 26.9. The van der Waals surface area contributed by atoms with Crippen LogP contribution in [0.4, 0.5) is 0 Å². The minimum atomic E-state index is -0.0331. The quantitative estimate of drug-likeness (QED) is 0.187. The molecule has 0 radical (unpaired) electrons. The summed E-state index contributed by atoms with van der Waals surface area (Å²) in [6.45, 7) is 8.46. The van der Waals surface area contributed by atoms with Crippen molar-refractivity contribution in [1.29, 1.82) is 0 Å². The van der Waals surface area contributed by atoms with E-state index >= 15 is 0 Å². The lowest BCUT2D eigenvalue weighted by molar-refractivity contribution is -0.235. The molecule has 0 aromatic heterocycles. The normalized spacial score (nSPS) is 42.5. The summed E-state index contributed by atoms with van der Waals surface area (Å²) in [6, 6.07) is 0. The van der Waals surface area contributed by atoms with Gasteiger partial charge in [0.05, 0.1) is 0 Å². The van der Waals surface area contributed by atoms with Crippen molar-refractivity contribution in [2.24, 2.45) is 45.0 Å². The van der Waals surface area contributed by atoms with Crippen molar-refractivity contribution in [2.75, 3.05) is 0 Å². The average Bonchev–Trinajstić information content (AvgIpc) is 3.61. The number of hydrogen-bond acceptors (Lipinski definition) is 2. The number of rotatable bonds is 4. The van der Waals surface area contributed by atoms with Crippen molar-refractivity contribution >= 4 is 11.6 Å². The molecule has 0 heterocycles. The highest BCUT2D eigenvalue weighted by Crippen LogP contribution is 2.78. The van der Waals surface area contributed by atoms with E-state index in [2.05, 4.69) is 30.6 Å². The maximum Gasteiger partial charge on any atom is 0.271 e. The Hall–Kier alpha value is -1.64. The molecular weight excluding hydrogens is 428 g/mol. The van der Waals surface area contributed by atoms with Gasteiger partial charge in [-0.3, -0.25) is 4.79 Å². The number of amides is 1. The number of nitrogens with one attached hydrogen (secondary N) is 1. The van der Waals surface area contributed by atoms with Crippen molar-refractivity contribution in [2.45, 2.75) is 112 Å². The molecule has 1 N–H and O–H groups in total. The number of nitrogens with zero attached hydrogens (tertiary/aromatic N) is 1. The molecule has 3 nitrogen and oxygen atoms in total. The molecule has 1 amide bonds. The van der Waals surface area contributed by atoms with Crippen molar-refractivity contribution in [1.82, 2.24) is 5.43 Å². The van der Waals surface area contributed by atoms with Crippen molar-refractivity contribution in [3.63, 3.8) is 0 Å². The van der Waals surface area contributed by atoms with Gasteiger partial charge in [0.25, 0.3) is 5.91 Å². The van der Waals surface area contributed by atoms with Crippen LogP contribution in [-0.2, 0) is 4.79 Å². The monoisotopic (exact) mass is 478 g/mol. The summed E-state index contributed by atoms with van der Waals surface area (Å²) >= 11 is 0. The smallest absolute Gasteiger partial charge is 0.267 e. The van der Waals surface area contributed by atoms with Gasteiger partial charge in [-0.25, -0.2) is 5.43 Å². The van der Waals surface area contributed by atoms with Gasteiger partial charge in [-0.2, -0.15) is 5.10 Å². The van der Waals surface area contributed by atoms with E-state index in [0.29, 0.717) is 16.7 Å². The lowest BCUT2D eigenvalue weighted by Gasteiger charge is -2.73. The molecule has 6 aliphatic rings. The molecule has 6 rings (SSSR count). The summed E-state index contributed by atoms with van der Waals surface area (Å²) in [7, 11) is 0. The summed E-state index contributed by atoms with van der Waals surface area (Å²) < 4.78 is 0. The summed E-state index contributed by atoms with van der Waals surface area (Å²) in [5.74, 6) is 3.12. The standard InChI is InChI=1S/C29H40N2O.C2H6.CH4/c1-3-6-21(19-20-8-9-20)26(32)31-30-25-13-12-23-24-11-10-22-7-4-5-14-28(22)17-18-29(24,28)16-15-27(23,25)2;1-2;/h3-6,19-20,22-24H,7-18H2,1-2H3,(H,31,32);1-2H3;1H4/b6-3-,21-19+,30-25+;;. The second kappa shape index (κ2) is 10.0. The minimum absolute atomic E-state index is 0. The average molecular weight is 479 g/mol. The largest absolute Gasteiger partial charge is 0.271 e. The second-order valence-electron chi connectivity index (χ2n) is 12.1. The molecule has 5 saturated carbocycles. The Morgan fingerprint density at radius 3 is 2.43 bits per heavy atom. The van der Waals surface area contributed by atoms with Crippen LogP contribution in [0, 0.1) is 39.9 Å². The number of hydrazone groups is 1. The zero-order chi connectivity index (χ0) is 24.0. The van der Waals surface area contributed by atoms with Gasteiger partial charge in [-0.15, -0.1) is 0 Å². The Labute approximate surface area is 215 Å². The van der Waals surface area contributed by atoms with Gasteiger partial charge in [0.1, 0.15) is 0 Å². The van der Waals surface area contributed by atoms with Crippen LogP contribution in [-0.4, -0.2) is 11.6 Å². The van der Waals surface area contributed by atoms with Crippen molar-refractivity contribution < 1.29 is 4.79 Å². The van der Waals surface area contributed by atoms with Crippen LogP contribution in [0.5, 0.6) is 0 Å². The number of fused-ring (bicyclic) bond motifs is 2. The molecule has 35 heavy (non-hydrogen) atoms. The summed E-state index contributed by atoms with van der Waals surface area (Å²) in [5, 5.41) is 4.82. The highest BCUT2D eigenvalue weighted by Gasteiger charge is 2.71. The number of carbonyl (C=O) groups is 1. The zero-order valence-electron chi connectivity index (χ0n) is 22.0. The molecule has 0 aliphatic heterocycles. The molecule has 0 aromatic carbocycles. The fourth-order valence-corrected chi connectivity index (χ4v) is 9.22. The first-order valence-electron chi connectivity index (χ1n) is 14.4. The van der Waals surface area contributed by atoms with Crippen molar-refractivity contribution in [3.05, 3.63) is 36.0 Å². The molecule has 194 valence electrons. The van der Waals surface area contributed by atoms with Gasteiger partial charge < -0.3 is 0 Å². The molecule has 0 aromatic rings. The zero-order valence-corrected chi connectivity index (χ0v) is 22.0. The van der Waals surface area contributed by atoms with E-state index in [1.807, 2.05) is 32.9 Å². The third-order valence-electron chi connectivity index (χ3n) is 11.1. The number of carbonyl (C=O) groups excluding carboxylic acids is 1. The molecule has 5 fully saturated rings. The minimum Gasteiger partial charge on any atom is -0.267 e. The van der Waals surface area contributed by atoms with E-state index in [1.54, 1.807) is 0 Å². The van der Waals surface area contributed by atoms with Crippen molar-refractivity contribution in [3.8, 4) is 0 Å². The van der Waals surface area contributed by atoms with Crippen LogP contribution < -0.4 is 5.43 Å². The molecule has 6 atom stereocenters. The summed E-state index contributed by atoms with van der Waals surface area (Å²) in [4.78, 5) is 12.9. The lowest BCUT2D eigenvalue weighted by Crippen LogP contribution is -2.66. The van der Waals surface area contributed by atoms with E-state index in [0.717, 1.165) is 29.7 Å². The Morgan fingerprint density at radius 2 is 1.74 bits per heavy atom. The first kappa shape index (κ1) is 26.4. The number of allylic oxidation sites excluding steroid dienone is 4. The van der Waals surface area contributed by atoms with E-state index < -0.39 is 0 Å². The van der Waals surface area contributed by atoms with Gasteiger partial charge >= 0.3 is 0 Å². The SMILES string of the molecule is C.C/C=C\C(=C/C1CC1)C(=O)N/N=C1\CCC2C3CCC4CC=CCC45CCC35CCC12C.CC. The fraction of sp³-hybridized carbons (Fsp3) is 0.750. The first-order chi connectivity index (χ1) is 16.5. The third-order valence-corrected chi connectivity index (χ3v) is 11.1. The Bertz CT molecular complexity index is 924. The van der Waals surface area contributed by atoms with Crippen LogP contribution in [0.1, 0.15) is 112 Å². The first-order valence-corrected chi connectivity index (χ1v) is 14.4. The van der Waals surface area contributed by atoms with Gasteiger partial charge in [-0.1, -0.05) is 58.6 Å². The Morgan fingerprint density at radius 1 is 1.00 bits per heavy atom. The molecule has 0 bridgehead atoms. The highest BCUT2D eigenvalue weighted by atomic mass is 16.2. The molecule has 3 heteroatoms. The van der Waals surface area contributed by atoms with Crippen LogP contribution in [0.3, 0.4) is 0 Å². The van der Waals surface area contributed by atoms with Crippen LogP contribution in [0.15, 0.2) is 41.1 Å². The lowest BCUT2D eigenvalue weighted by atomic mass is 9.31. The summed E-state index contributed by atoms with van der Waals surface area (Å²) in [5.41, 5.74) is 6.43. The van der Waals surface area contributed by atoms with Gasteiger partial charge in [0.15, 0.2) is 0 Å². The van der Waals surface area contributed by atoms with Gasteiger partial charge in [0.2, 0.25) is 0 Å². The predicted octanol–water partition coefficient (Wildman–Crippen LogP) is 8.39. The Kier molecular flexibility index (Phi) is 7.56. The van der Waals surface area contributed by atoms with Gasteiger partial charge in [0, 0.05) is 16.7 Å². The molecule has 0 saturated heterocycles. The molecule has 2 spiro atoms. The van der Waals surface area contributed by atoms with E-state index in [9.17, 15) is 4.79 Å². The molecular formula is C32H50N2O. The fourth-order valence-electron chi connectivity index (χ4n) is 9.22. The maximum atomic E-state index is 12.9. The van der Waals surface area contributed by atoms with E-state index in [4.69, 9.17) is 5.10 Å². The topological polar surface area (TPSA) is 41.5 Å². The third kappa shape index (κ3) is 4.00. The maximum absolute atomic E-state index is 12.9. The molecule has 6 aliphatic carbocycles. The second-order valence-corrected chi connectivity index (χ2v) is 12.1. The van der Waals surface area contributed by atoms with E-state index in [1.165, 1.54) is 76.3 Å². The van der Waals surface area contributed by atoms with Crippen LogP contribution >= 0.6 is 0 Å². The number of hydrogen-bond donors (Lipinski definition) is 1. The predicted molar refractivity (Wildman–Crippen MR) is 148 cm³/mol.